The average molecular weight is 264 g/mol. The first-order valence-electron chi connectivity index (χ1n) is 5.42. The van der Waals surface area contributed by atoms with Gasteiger partial charge in [-0.15, -0.1) is 11.6 Å². The number of carbonyl (C=O) groups excluding carboxylic acids is 1. The van der Waals surface area contributed by atoms with E-state index >= 15 is 0 Å². The smallest absolute Gasteiger partial charge is 0.246 e. The maximum atomic E-state index is 13.8. The lowest BCUT2D eigenvalue weighted by Crippen LogP contribution is -2.27. The first-order chi connectivity index (χ1) is 8.74. The fourth-order valence-electron chi connectivity index (χ4n) is 1.69. The number of nitrogens with zero attached hydrogens (tertiary/aromatic N) is 1. The topological polar surface area (TPSA) is 20.3 Å². The summed E-state index contributed by atoms with van der Waals surface area (Å²) in [6.07, 6.45) is 0. The van der Waals surface area contributed by atoms with Gasteiger partial charge in [-0.05, 0) is 24.3 Å². The van der Waals surface area contributed by atoms with Crippen LogP contribution in [0, 0.1) is 5.82 Å². The molecule has 2 nitrogen and oxygen atoms in total. The number of amides is 1. The predicted molar refractivity (Wildman–Crippen MR) is 70.7 cm³/mol. The first kappa shape index (κ1) is 12.6. The van der Waals surface area contributed by atoms with Gasteiger partial charge in [0.15, 0.2) is 0 Å². The molecule has 0 saturated heterocycles. The summed E-state index contributed by atoms with van der Waals surface area (Å²) in [6, 6.07) is 15.0. The molecule has 18 heavy (non-hydrogen) atoms. The van der Waals surface area contributed by atoms with Crippen LogP contribution in [0.15, 0.2) is 54.6 Å². The maximum Gasteiger partial charge on any atom is 0.246 e. The van der Waals surface area contributed by atoms with Crippen LogP contribution in [-0.4, -0.2) is 11.8 Å². The molecule has 0 aliphatic carbocycles. The molecule has 4 heteroatoms. The van der Waals surface area contributed by atoms with E-state index in [1.165, 1.54) is 11.0 Å². The molecule has 1 amide bonds. The summed E-state index contributed by atoms with van der Waals surface area (Å²) >= 11 is 5.59. The minimum Gasteiger partial charge on any atom is -0.277 e. The van der Waals surface area contributed by atoms with Crippen LogP contribution in [0.3, 0.4) is 0 Å². The van der Waals surface area contributed by atoms with E-state index in [0.29, 0.717) is 5.69 Å². The molecule has 0 fully saturated rings. The van der Waals surface area contributed by atoms with Crippen LogP contribution in [0.25, 0.3) is 0 Å². The molecule has 2 aromatic rings. The summed E-state index contributed by atoms with van der Waals surface area (Å²) in [5.74, 6) is -1.03. The van der Waals surface area contributed by atoms with Crippen LogP contribution in [0.5, 0.6) is 0 Å². The lowest BCUT2D eigenvalue weighted by molar-refractivity contribution is -0.115. The molecule has 0 heterocycles. The van der Waals surface area contributed by atoms with E-state index in [-0.39, 0.29) is 17.5 Å². The van der Waals surface area contributed by atoms with Crippen LogP contribution in [-0.2, 0) is 4.79 Å². The van der Waals surface area contributed by atoms with E-state index in [0.717, 1.165) is 0 Å². The van der Waals surface area contributed by atoms with Crippen molar-refractivity contribution >= 4 is 28.9 Å². The fraction of sp³-hybridized carbons (Fsp3) is 0.0714. The Morgan fingerprint density at radius 3 is 2.28 bits per heavy atom. The molecule has 0 unspecified atom stereocenters. The van der Waals surface area contributed by atoms with Gasteiger partial charge in [0, 0.05) is 5.69 Å². The van der Waals surface area contributed by atoms with E-state index in [1.54, 1.807) is 42.5 Å². The Hall–Kier alpha value is -1.87. The van der Waals surface area contributed by atoms with Crippen LogP contribution in [0.2, 0.25) is 0 Å². The standard InChI is InChI=1S/C14H11ClFNO/c15-10-14(18)17(11-6-2-1-3-7-11)13-9-5-4-8-12(13)16/h1-9H,10H2. The summed E-state index contributed by atoms with van der Waals surface area (Å²) in [4.78, 5) is 13.2. The lowest BCUT2D eigenvalue weighted by atomic mass is 10.2. The summed E-state index contributed by atoms with van der Waals surface area (Å²) < 4.78 is 13.8. The maximum absolute atomic E-state index is 13.8. The van der Waals surface area contributed by atoms with Gasteiger partial charge in [-0.1, -0.05) is 30.3 Å². The fourth-order valence-corrected chi connectivity index (χ4v) is 1.81. The van der Waals surface area contributed by atoms with Crippen LogP contribution < -0.4 is 4.90 Å². The van der Waals surface area contributed by atoms with Gasteiger partial charge >= 0.3 is 0 Å². The Balaban J connectivity index is 2.51. The van der Waals surface area contributed by atoms with E-state index in [4.69, 9.17) is 11.6 Å². The molecule has 0 atom stereocenters. The SMILES string of the molecule is O=C(CCl)N(c1ccccc1)c1ccccc1F. The number of para-hydroxylation sites is 2. The number of hydrogen-bond acceptors (Lipinski definition) is 1. The van der Waals surface area contributed by atoms with Crippen molar-refractivity contribution in [3.8, 4) is 0 Å². The van der Waals surface area contributed by atoms with Crippen molar-refractivity contribution in [2.45, 2.75) is 0 Å². The molecule has 2 rings (SSSR count). The molecule has 0 saturated carbocycles. The van der Waals surface area contributed by atoms with Gasteiger partial charge in [0.2, 0.25) is 5.91 Å². The van der Waals surface area contributed by atoms with Gasteiger partial charge in [0.25, 0.3) is 0 Å². The van der Waals surface area contributed by atoms with Crippen molar-refractivity contribution in [3.05, 3.63) is 60.4 Å². The molecule has 0 radical (unpaired) electrons. The highest BCUT2D eigenvalue weighted by atomic mass is 35.5. The van der Waals surface area contributed by atoms with E-state index in [2.05, 4.69) is 0 Å². The zero-order valence-corrected chi connectivity index (χ0v) is 10.3. The normalized spacial score (nSPS) is 10.1. The Bertz CT molecular complexity index is 545. The zero-order chi connectivity index (χ0) is 13.0. The predicted octanol–water partition coefficient (Wildman–Crippen LogP) is 3.73. The highest BCUT2D eigenvalue weighted by Gasteiger charge is 2.19. The largest absolute Gasteiger partial charge is 0.277 e. The van der Waals surface area contributed by atoms with Crippen molar-refractivity contribution in [3.63, 3.8) is 0 Å². The number of rotatable bonds is 3. The van der Waals surface area contributed by atoms with Crippen molar-refractivity contribution in [2.75, 3.05) is 10.8 Å². The third kappa shape index (κ3) is 2.51. The van der Waals surface area contributed by atoms with Crippen LogP contribution >= 0.6 is 11.6 Å². The Kier molecular flexibility index (Phi) is 3.95. The van der Waals surface area contributed by atoms with E-state index < -0.39 is 5.82 Å². The van der Waals surface area contributed by atoms with Gasteiger partial charge in [0.05, 0.1) is 5.69 Å². The zero-order valence-electron chi connectivity index (χ0n) is 9.51. The quantitative estimate of drug-likeness (QED) is 0.773. The molecule has 0 N–H and O–H groups in total. The lowest BCUT2D eigenvalue weighted by Gasteiger charge is -2.22. The van der Waals surface area contributed by atoms with Crippen LogP contribution in [0.4, 0.5) is 15.8 Å². The molecule has 2 aromatic carbocycles. The molecule has 0 spiro atoms. The highest BCUT2D eigenvalue weighted by Crippen LogP contribution is 2.27. The Labute approximate surface area is 110 Å². The number of benzene rings is 2. The number of anilines is 2. The number of carbonyl (C=O) groups is 1. The molecule has 0 aliphatic rings. The van der Waals surface area contributed by atoms with Crippen molar-refractivity contribution < 1.29 is 9.18 Å². The second kappa shape index (κ2) is 5.65. The molecule has 92 valence electrons. The van der Waals surface area contributed by atoms with Crippen molar-refractivity contribution in [1.29, 1.82) is 0 Å². The summed E-state index contributed by atoms with van der Waals surface area (Å²) in [5, 5.41) is 0. The van der Waals surface area contributed by atoms with E-state index in [1.807, 2.05) is 6.07 Å². The van der Waals surface area contributed by atoms with Gasteiger partial charge in [0.1, 0.15) is 11.7 Å². The number of halogens is 2. The Morgan fingerprint density at radius 2 is 1.67 bits per heavy atom. The first-order valence-corrected chi connectivity index (χ1v) is 5.96. The van der Waals surface area contributed by atoms with Crippen molar-refractivity contribution in [1.82, 2.24) is 0 Å². The summed E-state index contributed by atoms with van der Waals surface area (Å²) in [6.45, 7) is 0. The third-order valence-corrected chi connectivity index (χ3v) is 2.70. The monoisotopic (exact) mass is 263 g/mol. The third-order valence-electron chi connectivity index (χ3n) is 2.47. The van der Waals surface area contributed by atoms with E-state index in [9.17, 15) is 9.18 Å². The Morgan fingerprint density at radius 1 is 1.06 bits per heavy atom. The minimum atomic E-state index is -0.459. The number of alkyl halides is 1. The highest BCUT2D eigenvalue weighted by molar-refractivity contribution is 6.30. The summed E-state index contributed by atoms with van der Waals surface area (Å²) in [7, 11) is 0. The molecule has 0 aromatic heterocycles. The minimum absolute atomic E-state index is 0.203. The second-order valence-corrected chi connectivity index (χ2v) is 3.92. The number of hydrogen-bond donors (Lipinski definition) is 0. The molecule has 0 bridgehead atoms. The average Bonchev–Trinajstić information content (AvgIpc) is 2.42. The van der Waals surface area contributed by atoms with Crippen molar-refractivity contribution in [2.24, 2.45) is 0 Å². The van der Waals surface area contributed by atoms with Gasteiger partial charge in [-0.3, -0.25) is 9.69 Å². The molecule has 0 aliphatic heterocycles. The van der Waals surface area contributed by atoms with Gasteiger partial charge < -0.3 is 0 Å². The van der Waals surface area contributed by atoms with Crippen LogP contribution in [0.1, 0.15) is 0 Å². The molecular formula is C14H11ClFNO. The second-order valence-electron chi connectivity index (χ2n) is 3.65. The van der Waals surface area contributed by atoms with Gasteiger partial charge in [-0.2, -0.15) is 0 Å². The molecular weight excluding hydrogens is 253 g/mol. The van der Waals surface area contributed by atoms with Gasteiger partial charge in [-0.25, -0.2) is 4.39 Å². The summed E-state index contributed by atoms with van der Waals surface area (Å²) in [5.41, 5.74) is 0.794.